The number of carbonyl (C=O) groups is 1. The van der Waals surface area contributed by atoms with E-state index in [1.807, 2.05) is 37.3 Å². The van der Waals surface area contributed by atoms with Crippen molar-refractivity contribution in [3.8, 4) is 0 Å². The van der Waals surface area contributed by atoms with Crippen molar-refractivity contribution in [2.24, 2.45) is 5.14 Å². The number of rotatable bonds is 7. The molecule has 0 bridgehead atoms. The van der Waals surface area contributed by atoms with Gasteiger partial charge in [0.25, 0.3) is 0 Å². The highest BCUT2D eigenvalue weighted by Crippen LogP contribution is 2.32. The summed E-state index contributed by atoms with van der Waals surface area (Å²) in [5.41, 5.74) is 6.34. The first kappa shape index (κ1) is 23.2. The van der Waals surface area contributed by atoms with Crippen molar-refractivity contribution in [3.05, 3.63) is 94.2 Å². The van der Waals surface area contributed by atoms with E-state index in [4.69, 9.17) is 16.7 Å². The van der Waals surface area contributed by atoms with E-state index < -0.39 is 0 Å². The monoisotopic (exact) mass is 453 g/mol. The Kier molecular flexibility index (Phi) is 8.02. The van der Waals surface area contributed by atoms with Crippen LogP contribution in [0.1, 0.15) is 30.5 Å². The Morgan fingerprint density at radius 2 is 2.06 bits per heavy atom. The van der Waals surface area contributed by atoms with Crippen molar-refractivity contribution in [1.29, 1.82) is 0 Å². The number of hydrogen-bond acceptors (Lipinski definition) is 4. The molecule has 0 saturated carbocycles. The lowest BCUT2D eigenvalue weighted by molar-refractivity contribution is -0.115. The van der Waals surface area contributed by atoms with Crippen LogP contribution >= 0.6 is 23.5 Å². The minimum absolute atomic E-state index is 0.102. The second-order valence-corrected chi connectivity index (χ2v) is 8.72. The van der Waals surface area contributed by atoms with Crippen LogP contribution in [-0.4, -0.2) is 17.4 Å². The number of allylic oxidation sites excluding steroid dienone is 5. The van der Waals surface area contributed by atoms with E-state index >= 15 is 0 Å². The number of benzene rings is 2. The molecule has 3 rings (SSSR count). The molecule has 0 unspecified atom stereocenters. The van der Waals surface area contributed by atoms with Gasteiger partial charge in [-0.25, -0.2) is 0 Å². The Morgan fingerprint density at radius 1 is 1.29 bits per heavy atom. The topological polar surface area (TPSA) is 58.4 Å². The fourth-order valence-electron chi connectivity index (χ4n) is 3.58. The van der Waals surface area contributed by atoms with Gasteiger partial charge in [0.05, 0.1) is 6.42 Å². The predicted octanol–water partition coefficient (Wildman–Crippen LogP) is 5.88. The van der Waals surface area contributed by atoms with Crippen LogP contribution in [0.5, 0.6) is 0 Å². The largest absolute Gasteiger partial charge is 0.370 e. The number of nitrogens with two attached hydrogens (primary N) is 1. The van der Waals surface area contributed by atoms with Crippen molar-refractivity contribution in [3.63, 3.8) is 0 Å². The van der Waals surface area contributed by atoms with Crippen LogP contribution < -0.4 is 10.5 Å². The molecule has 0 saturated heterocycles. The number of fused-ring (bicyclic) bond motifs is 1. The second kappa shape index (κ2) is 10.7. The maximum Gasteiger partial charge on any atom is 0.228 e. The lowest BCUT2D eigenvalue weighted by Crippen LogP contribution is -2.29. The van der Waals surface area contributed by atoms with Gasteiger partial charge >= 0.3 is 0 Å². The van der Waals surface area contributed by atoms with Crippen molar-refractivity contribution in [1.82, 2.24) is 4.90 Å². The molecule has 1 aliphatic heterocycles. The smallest absolute Gasteiger partial charge is 0.228 e. The summed E-state index contributed by atoms with van der Waals surface area (Å²) in [7, 11) is 0. The summed E-state index contributed by atoms with van der Waals surface area (Å²) in [5, 5.41) is 9.56. The molecule has 1 aliphatic rings. The molecule has 0 atom stereocenters. The van der Waals surface area contributed by atoms with Crippen LogP contribution in [0.2, 0.25) is 5.02 Å². The molecule has 4 nitrogen and oxygen atoms in total. The van der Waals surface area contributed by atoms with Crippen LogP contribution in [0.3, 0.4) is 0 Å². The number of carbonyl (C=O) groups excluding carboxylic acids is 1. The number of nitrogens with one attached hydrogen (secondary N) is 1. The van der Waals surface area contributed by atoms with E-state index in [9.17, 15) is 4.79 Å². The van der Waals surface area contributed by atoms with Gasteiger partial charge in [0.15, 0.2) is 0 Å². The Labute approximate surface area is 194 Å². The first-order chi connectivity index (χ1) is 14.9. The fraction of sp³-hybridized carbons (Fsp3) is 0.240. The van der Waals surface area contributed by atoms with Gasteiger partial charge in [-0.15, -0.1) is 0 Å². The summed E-state index contributed by atoms with van der Waals surface area (Å²) in [6.07, 6.45) is 7.18. The van der Waals surface area contributed by atoms with Gasteiger partial charge in [0.2, 0.25) is 5.91 Å². The quantitative estimate of drug-likeness (QED) is 0.406. The predicted molar refractivity (Wildman–Crippen MR) is 132 cm³/mol. The number of hydrogen-bond donors (Lipinski definition) is 2. The van der Waals surface area contributed by atoms with Crippen LogP contribution in [0.25, 0.3) is 0 Å². The zero-order chi connectivity index (χ0) is 22.4. The molecular weight excluding hydrogens is 426 g/mol. The van der Waals surface area contributed by atoms with Gasteiger partial charge in [-0.05, 0) is 73.2 Å². The van der Waals surface area contributed by atoms with Gasteiger partial charge in [-0.3, -0.25) is 9.93 Å². The summed E-state index contributed by atoms with van der Waals surface area (Å²) in [5.74, 6) is -0.102. The zero-order valence-corrected chi connectivity index (χ0v) is 19.5. The third kappa shape index (κ3) is 6.03. The second-order valence-electron chi connectivity index (χ2n) is 7.64. The molecule has 3 N–H and O–H groups in total. The summed E-state index contributed by atoms with van der Waals surface area (Å²) >= 11 is 7.43. The average molecular weight is 454 g/mol. The number of anilines is 1. The third-order valence-electron chi connectivity index (χ3n) is 5.42. The van der Waals surface area contributed by atoms with Crippen molar-refractivity contribution >= 4 is 35.1 Å². The molecule has 0 aromatic heterocycles. The number of amides is 1. The molecule has 1 heterocycles. The first-order valence-corrected chi connectivity index (χ1v) is 11.5. The minimum atomic E-state index is -0.102. The SMILES string of the molecule is C=C/C(C)=C\C=C(/C)N1CCc2c(cc(NC(=O)Cc3ccccc3Cl)cc2SN)C1. The maximum atomic E-state index is 12.6. The van der Waals surface area contributed by atoms with E-state index in [0.717, 1.165) is 41.2 Å². The minimum Gasteiger partial charge on any atom is -0.370 e. The van der Waals surface area contributed by atoms with Gasteiger partial charge in [0.1, 0.15) is 0 Å². The third-order valence-corrected chi connectivity index (χ3v) is 6.41. The summed E-state index contributed by atoms with van der Waals surface area (Å²) in [6.45, 7) is 9.66. The molecule has 2 aromatic carbocycles. The Hall–Kier alpha value is -2.47. The Balaban J connectivity index is 1.79. The molecule has 6 heteroatoms. The van der Waals surface area contributed by atoms with Gasteiger partial charge in [-0.2, -0.15) is 0 Å². The summed E-state index contributed by atoms with van der Waals surface area (Å²) < 4.78 is 0. The zero-order valence-electron chi connectivity index (χ0n) is 18.0. The molecule has 1 amide bonds. The molecule has 0 radical (unpaired) electrons. The Bertz CT molecular complexity index is 1050. The van der Waals surface area contributed by atoms with E-state index in [2.05, 4.69) is 41.9 Å². The van der Waals surface area contributed by atoms with Crippen LogP contribution in [0, 0.1) is 0 Å². The van der Waals surface area contributed by atoms with E-state index in [0.29, 0.717) is 5.02 Å². The molecule has 162 valence electrons. The van der Waals surface area contributed by atoms with Gasteiger partial charge in [0, 0.05) is 34.4 Å². The van der Waals surface area contributed by atoms with Crippen LogP contribution in [-0.2, 0) is 24.2 Å². The highest BCUT2D eigenvalue weighted by atomic mass is 35.5. The van der Waals surface area contributed by atoms with Crippen molar-refractivity contribution in [2.45, 2.75) is 38.1 Å². The standard InChI is InChI=1S/C25H28ClN3OS/c1-4-17(2)9-10-18(3)29-12-11-22-20(16-29)13-21(15-24(22)31-27)28-25(30)14-19-7-5-6-8-23(19)26/h4-10,13,15H,1,11-12,14,16,27H2,2-3H3,(H,28,30)/b17-9-,18-10+. The molecule has 0 aliphatic carbocycles. The van der Waals surface area contributed by atoms with Gasteiger partial charge < -0.3 is 10.2 Å². The number of nitrogens with zero attached hydrogens (tertiary/aromatic N) is 1. The average Bonchev–Trinajstić information content (AvgIpc) is 2.77. The highest BCUT2D eigenvalue weighted by Gasteiger charge is 2.20. The van der Waals surface area contributed by atoms with Crippen LogP contribution in [0.4, 0.5) is 5.69 Å². The van der Waals surface area contributed by atoms with E-state index in [1.54, 1.807) is 6.07 Å². The lowest BCUT2D eigenvalue weighted by atomic mass is 9.98. The highest BCUT2D eigenvalue weighted by molar-refractivity contribution is 7.97. The molecule has 0 spiro atoms. The normalized spacial score (nSPS) is 14.3. The first-order valence-electron chi connectivity index (χ1n) is 10.2. The van der Waals surface area contributed by atoms with Crippen LogP contribution in [0.15, 0.2) is 77.4 Å². The fourth-order valence-corrected chi connectivity index (χ4v) is 4.36. The van der Waals surface area contributed by atoms with Crippen molar-refractivity contribution < 1.29 is 4.79 Å². The van der Waals surface area contributed by atoms with Crippen molar-refractivity contribution in [2.75, 3.05) is 11.9 Å². The molecule has 2 aromatic rings. The van der Waals surface area contributed by atoms with E-state index in [-0.39, 0.29) is 12.3 Å². The lowest BCUT2D eigenvalue weighted by Gasteiger charge is -2.32. The maximum absolute atomic E-state index is 12.6. The summed E-state index contributed by atoms with van der Waals surface area (Å²) in [4.78, 5) is 16.0. The van der Waals surface area contributed by atoms with Gasteiger partial charge in [-0.1, -0.05) is 54.1 Å². The van der Waals surface area contributed by atoms with E-state index in [1.165, 1.54) is 28.8 Å². The Morgan fingerprint density at radius 3 is 2.77 bits per heavy atom. The molecular formula is C25H28ClN3OS. The number of halogens is 1. The molecule has 31 heavy (non-hydrogen) atoms. The molecule has 0 fully saturated rings. The summed E-state index contributed by atoms with van der Waals surface area (Å²) in [6, 6.07) is 11.4.